The smallest absolute Gasteiger partial charge is 0.209 e. The fraction of sp³-hybridized carbons (Fsp3) is 0.481. The van der Waals surface area contributed by atoms with Crippen molar-refractivity contribution in [2.45, 2.75) is 31.6 Å². The summed E-state index contributed by atoms with van der Waals surface area (Å²) in [6, 6.07) is 9.22. The van der Waals surface area contributed by atoms with Gasteiger partial charge in [-0.3, -0.25) is 9.69 Å². The maximum Gasteiger partial charge on any atom is 0.209 e. The summed E-state index contributed by atoms with van der Waals surface area (Å²) in [4.78, 5) is 21.3. The van der Waals surface area contributed by atoms with Gasteiger partial charge in [0.15, 0.2) is 12.1 Å². The molecule has 4 rings (SSSR count). The maximum atomic E-state index is 13.2. The van der Waals surface area contributed by atoms with E-state index in [1.165, 1.54) is 12.1 Å². The summed E-state index contributed by atoms with van der Waals surface area (Å²) >= 11 is 0. The minimum Gasteiger partial charge on any atom is -0.354 e. The second-order valence-electron chi connectivity index (χ2n) is 9.63. The van der Waals surface area contributed by atoms with Crippen LogP contribution in [0.1, 0.15) is 35.2 Å². The number of sulfonamides is 1. The zero-order valence-electron chi connectivity index (χ0n) is 21.6. The monoisotopic (exact) mass is 546 g/mol. The highest BCUT2D eigenvalue weighted by Gasteiger charge is 2.22. The highest BCUT2D eigenvalue weighted by Crippen LogP contribution is 2.17. The molecule has 2 fully saturated rings. The van der Waals surface area contributed by atoms with Crippen LogP contribution < -0.4 is 9.62 Å². The van der Waals surface area contributed by atoms with E-state index in [2.05, 4.69) is 19.5 Å². The van der Waals surface area contributed by atoms with E-state index in [4.69, 9.17) is 9.47 Å². The molecule has 0 spiro atoms. The molecule has 38 heavy (non-hydrogen) atoms. The molecule has 2 aromatic rings. The Kier molecular flexibility index (Phi) is 9.97. The lowest BCUT2D eigenvalue weighted by molar-refractivity contribution is -0.155. The summed E-state index contributed by atoms with van der Waals surface area (Å²) in [6.07, 6.45) is 8.89. The van der Waals surface area contributed by atoms with E-state index in [0.717, 1.165) is 63.1 Å². The summed E-state index contributed by atoms with van der Waals surface area (Å²) in [5.41, 5.74) is 1.30. The molecular formula is C27H35FN4O5S. The zero-order chi connectivity index (χ0) is 27.0. The molecule has 1 N–H and O–H groups in total. The Hall–Kier alpha value is -2.70. The SMILES string of the molecule is CS(=O)(=O)NC(/C=C/c1ccc(F)cc1)CN1CCN(c2ccc(C(=O)COC3CCCCO3)cn2)CC1. The fourth-order valence-corrected chi connectivity index (χ4v) is 5.19. The van der Waals surface area contributed by atoms with E-state index in [-0.39, 0.29) is 24.5 Å². The maximum absolute atomic E-state index is 13.2. The highest BCUT2D eigenvalue weighted by molar-refractivity contribution is 7.88. The molecule has 0 saturated carbocycles. The molecule has 206 valence electrons. The van der Waals surface area contributed by atoms with Gasteiger partial charge in [0.1, 0.15) is 18.2 Å². The molecule has 3 heterocycles. The summed E-state index contributed by atoms with van der Waals surface area (Å²) in [6.45, 7) is 4.04. The van der Waals surface area contributed by atoms with E-state index >= 15 is 0 Å². The molecule has 2 atom stereocenters. The fourth-order valence-electron chi connectivity index (χ4n) is 4.48. The van der Waals surface area contributed by atoms with Gasteiger partial charge in [-0.15, -0.1) is 0 Å². The Balaban J connectivity index is 1.27. The molecule has 11 heteroatoms. The van der Waals surface area contributed by atoms with E-state index in [0.29, 0.717) is 18.7 Å². The number of piperazine rings is 1. The number of Topliss-reactive ketones (excluding diaryl/α,β-unsaturated/α-hetero) is 1. The van der Waals surface area contributed by atoms with Gasteiger partial charge in [0.2, 0.25) is 10.0 Å². The first-order valence-corrected chi connectivity index (χ1v) is 14.8. The van der Waals surface area contributed by atoms with Crippen molar-refractivity contribution in [3.63, 3.8) is 0 Å². The van der Waals surface area contributed by atoms with Gasteiger partial charge in [0.05, 0.1) is 12.3 Å². The molecular weight excluding hydrogens is 511 g/mol. The first kappa shape index (κ1) is 28.3. The number of nitrogens with zero attached hydrogens (tertiary/aromatic N) is 3. The number of benzene rings is 1. The number of carbonyl (C=O) groups excluding carboxylic acids is 1. The molecule has 0 radical (unpaired) electrons. The van der Waals surface area contributed by atoms with Gasteiger partial charge in [-0.2, -0.15) is 0 Å². The molecule has 1 aromatic heterocycles. The predicted molar refractivity (Wildman–Crippen MR) is 144 cm³/mol. The van der Waals surface area contributed by atoms with Crippen LogP contribution in [0, 0.1) is 5.82 Å². The molecule has 1 aromatic carbocycles. The Labute approximate surface area is 223 Å². The molecule has 2 aliphatic rings. The number of nitrogens with one attached hydrogen (secondary N) is 1. The lowest BCUT2D eigenvalue weighted by atomic mass is 10.1. The van der Waals surface area contributed by atoms with E-state index < -0.39 is 16.1 Å². The lowest BCUT2D eigenvalue weighted by Crippen LogP contribution is -2.51. The number of ether oxygens (including phenoxy) is 2. The lowest BCUT2D eigenvalue weighted by Gasteiger charge is -2.36. The topological polar surface area (TPSA) is 101 Å². The van der Waals surface area contributed by atoms with Gasteiger partial charge in [0, 0.05) is 51.1 Å². The Morgan fingerprint density at radius 3 is 2.58 bits per heavy atom. The molecule has 2 unspecified atom stereocenters. The molecule has 2 saturated heterocycles. The number of carbonyl (C=O) groups is 1. The Morgan fingerprint density at radius 2 is 1.95 bits per heavy atom. The van der Waals surface area contributed by atoms with Crippen LogP contribution in [0.2, 0.25) is 0 Å². The van der Waals surface area contributed by atoms with E-state index in [1.807, 2.05) is 6.07 Å². The van der Waals surface area contributed by atoms with E-state index in [1.54, 1.807) is 36.5 Å². The average Bonchev–Trinajstić information content (AvgIpc) is 2.91. The van der Waals surface area contributed by atoms with Crippen molar-refractivity contribution in [3.05, 3.63) is 65.6 Å². The van der Waals surface area contributed by atoms with Crippen molar-refractivity contribution in [1.29, 1.82) is 0 Å². The van der Waals surface area contributed by atoms with Gasteiger partial charge >= 0.3 is 0 Å². The van der Waals surface area contributed by atoms with Gasteiger partial charge in [-0.1, -0.05) is 24.3 Å². The third-order valence-corrected chi connectivity index (χ3v) is 7.25. The number of aromatic nitrogens is 1. The standard InChI is InChI=1S/C27H35FN4O5S/c1-38(34,35)30-24(11-7-21-5-9-23(28)10-6-21)19-31-13-15-32(16-14-31)26-12-8-22(18-29-26)25(33)20-37-27-4-2-3-17-36-27/h5-12,18,24,27,30H,2-4,13-17,19-20H2,1H3/b11-7+. The van der Waals surface area contributed by atoms with Crippen molar-refractivity contribution in [3.8, 4) is 0 Å². The molecule has 0 bridgehead atoms. The third kappa shape index (κ3) is 8.95. The largest absolute Gasteiger partial charge is 0.354 e. The van der Waals surface area contributed by atoms with Crippen LogP contribution in [0.3, 0.4) is 0 Å². The van der Waals surface area contributed by atoms with Gasteiger partial charge < -0.3 is 14.4 Å². The van der Waals surface area contributed by atoms with Gasteiger partial charge in [0.25, 0.3) is 0 Å². The number of halogens is 1. The van der Waals surface area contributed by atoms with Crippen molar-refractivity contribution < 1.29 is 27.1 Å². The van der Waals surface area contributed by atoms with Crippen LogP contribution in [-0.4, -0.2) is 88.6 Å². The number of hydrogen-bond acceptors (Lipinski definition) is 8. The van der Waals surface area contributed by atoms with Crippen LogP contribution in [0.25, 0.3) is 6.08 Å². The van der Waals surface area contributed by atoms with Crippen LogP contribution in [0.4, 0.5) is 10.2 Å². The number of hydrogen-bond donors (Lipinski definition) is 1. The minimum absolute atomic E-state index is 0.0251. The summed E-state index contributed by atoms with van der Waals surface area (Å²) in [5, 5.41) is 0. The Morgan fingerprint density at radius 1 is 1.18 bits per heavy atom. The van der Waals surface area contributed by atoms with Crippen LogP contribution in [-0.2, 0) is 19.5 Å². The molecule has 0 aliphatic carbocycles. The van der Waals surface area contributed by atoms with Crippen LogP contribution >= 0.6 is 0 Å². The van der Waals surface area contributed by atoms with E-state index in [9.17, 15) is 17.6 Å². The number of ketones is 1. The normalized spacial score (nSPS) is 20.1. The minimum atomic E-state index is -3.41. The first-order valence-electron chi connectivity index (χ1n) is 12.9. The second kappa shape index (κ2) is 13.4. The number of anilines is 1. The third-order valence-electron chi connectivity index (χ3n) is 6.52. The van der Waals surface area contributed by atoms with Gasteiger partial charge in [-0.05, 0) is 49.1 Å². The average molecular weight is 547 g/mol. The number of rotatable bonds is 11. The van der Waals surface area contributed by atoms with Gasteiger partial charge in [-0.25, -0.2) is 22.5 Å². The van der Waals surface area contributed by atoms with Crippen LogP contribution in [0.15, 0.2) is 48.7 Å². The predicted octanol–water partition coefficient (Wildman–Crippen LogP) is 2.70. The molecule has 2 aliphatic heterocycles. The summed E-state index contributed by atoms with van der Waals surface area (Å²) < 4.78 is 50.7. The van der Waals surface area contributed by atoms with Crippen molar-refractivity contribution in [1.82, 2.24) is 14.6 Å². The summed E-state index contributed by atoms with van der Waals surface area (Å²) in [7, 11) is -3.41. The molecule has 0 amide bonds. The Bertz CT molecular complexity index is 1180. The van der Waals surface area contributed by atoms with Crippen molar-refractivity contribution in [2.75, 3.05) is 57.1 Å². The van der Waals surface area contributed by atoms with Crippen LogP contribution in [0.5, 0.6) is 0 Å². The summed E-state index contributed by atoms with van der Waals surface area (Å²) in [5.74, 6) is 0.348. The first-order chi connectivity index (χ1) is 18.2. The quantitative estimate of drug-likeness (QED) is 0.430. The zero-order valence-corrected chi connectivity index (χ0v) is 22.4. The molecule has 9 nitrogen and oxygen atoms in total. The van der Waals surface area contributed by atoms with Crippen molar-refractivity contribution >= 4 is 27.7 Å². The highest BCUT2D eigenvalue weighted by atomic mass is 32.2. The number of pyridine rings is 1. The van der Waals surface area contributed by atoms with Crippen molar-refractivity contribution in [2.24, 2.45) is 0 Å². The second-order valence-corrected chi connectivity index (χ2v) is 11.4.